The number of carbonyl (C=O) groups is 2. The molecule has 1 N–H and O–H groups in total. The van der Waals surface area contributed by atoms with E-state index < -0.39 is 24.5 Å². The zero-order chi connectivity index (χ0) is 18.1. The van der Waals surface area contributed by atoms with E-state index in [1.807, 2.05) is 60.7 Å². The standard InChI is InChI=1S/C20H19NO5/c22-18-16-17(19(23)24)26-20(25-16)15(11-13-7-3-1-4-8-13)21(18)12-14-9-5-2-6-10-14/h1-10,15-17,20H,11-12H2,(H,23,24)/t15-,16+,17+,20-/m1/s1. The van der Waals surface area contributed by atoms with Gasteiger partial charge in [0.2, 0.25) is 0 Å². The molecular weight excluding hydrogens is 334 g/mol. The second kappa shape index (κ2) is 6.90. The quantitative estimate of drug-likeness (QED) is 0.888. The molecule has 2 aliphatic rings. The molecule has 6 nitrogen and oxygen atoms in total. The van der Waals surface area contributed by atoms with E-state index in [2.05, 4.69) is 0 Å². The fourth-order valence-electron chi connectivity index (χ4n) is 3.53. The lowest BCUT2D eigenvalue weighted by atomic mass is 10.0. The lowest BCUT2D eigenvalue weighted by Crippen LogP contribution is -2.56. The van der Waals surface area contributed by atoms with Crippen LogP contribution in [0.25, 0.3) is 0 Å². The molecule has 2 aliphatic heterocycles. The lowest BCUT2D eigenvalue weighted by Gasteiger charge is -2.38. The van der Waals surface area contributed by atoms with Gasteiger partial charge in [-0.05, 0) is 17.5 Å². The summed E-state index contributed by atoms with van der Waals surface area (Å²) in [5.41, 5.74) is 2.01. The average Bonchev–Trinajstić information content (AvgIpc) is 3.07. The molecule has 4 rings (SSSR count). The summed E-state index contributed by atoms with van der Waals surface area (Å²) in [6.07, 6.45) is -2.56. The number of morpholine rings is 1. The Hall–Kier alpha value is -2.70. The van der Waals surface area contributed by atoms with Gasteiger partial charge in [0.25, 0.3) is 5.91 Å². The molecule has 0 radical (unpaired) electrons. The summed E-state index contributed by atoms with van der Waals surface area (Å²) in [7, 11) is 0. The minimum absolute atomic E-state index is 0.337. The zero-order valence-corrected chi connectivity index (χ0v) is 14.0. The Morgan fingerprint density at radius 2 is 1.58 bits per heavy atom. The Bertz CT molecular complexity index is 794. The number of aliphatic carboxylic acids is 1. The van der Waals surface area contributed by atoms with Crippen LogP contribution in [0.3, 0.4) is 0 Å². The van der Waals surface area contributed by atoms with Crippen LogP contribution in [0, 0.1) is 0 Å². The van der Waals surface area contributed by atoms with E-state index in [0.29, 0.717) is 13.0 Å². The number of rotatable bonds is 5. The smallest absolute Gasteiger partial charge is 0.336 e. The molecule has 0 saturated carbocycles. The second-order valence-electron chi connectivity index (χ2n) is 6.53. The normalized spacial score (nSPS) is 27.5. The van der Waals surface area contributed by atoms with Crippen LogP contribution in [0.1, 0.15) is 11.1 Å². The molecule has 134 valence electrons. The van der Waals surface area contributed by atoms with E-state index in [-0.39, 0.29) is 11.9 Å². The Morgan fingerprint density at radius 3 is 2.19 bits per heavy atom. The van der Waals surface area contributed by atoms with Gasteiger partial charge in [0, 0.05) is 6.54 Å². The van der Waals surface area contributed by atoms with Crippen molar-refractivity contribution in [1.82, 2.24) is 4.90 Å². The summed E-state index contributed by atoms with van der Waals surface area (Å²) < 4.78 is 11.2. The highest BCUT2D eigenvalue weighted by Gasteiger charge is 2.55. The first kappa shape index (κ1) is 16.8. The summed E-state index contributed by atoms with van der Waals surface area (Å²) in [5.74, 6) is -1.51. The molecule has 2 bridgehead atoms. The van der Waals surface area contributed by atoms with E-state index in [1.54, 1.807) is 4.90 Å². The van der Waals surface area contributed by atoms with Crippen LogP contribution in [-0.4, -0.2) is 46.4 Å². The first-order chi connectivity index (χ1) is 12.6. The molecule has 0 aliphatic carbocycles. The van der Waals surface area contributed by atoms with Crippen LogP contribution in [0.15, 0.2) is 60.7 Å². The van der Waals surface area contributed by atoms with Gasteiger partial charge in [-0.1, -0.05) is 60.7 Å². The van der Waals surface area contributed by atoms with Crippen molar-refractivity contribution in [2.45, 2.75) is 37.5 Å². The van der Waals surface area contributed by atoms with Crippen molar-refractivity contribution in [2.75, 3.05) is 0 Å². The SMILES string of the molecule is O=C(O)[C@H]1O[C@H]2O[C@@H]1C(=O)N(Cc1ccccc1)[C@@H]2Cc1ccccc1. The lowest BCUT2D eigenvalue weighted by molar-refractivity contribution is -0.177. The maximum Gasteiger partial charge on any atom is 0.336 e. The third-order valence-corrected chi connectivity index (χ3v) is 4.80. The van der Waals surface area contributed by atoms with Gasteiger partial charge in [0.05, 0.1) is 6.04 Å². The molecule has 4 atom stereocenters. The largest absolute Gasteiger partial charge is 0.479 e. The van der Waals surface area contributed by atoms with Gasteiger partial charge < -0.3 is 19.5 Å². The average molecular weight is 353 g/mol. The van der Waals surface area contributed by atoms with Crippen molar-refractivity contribution in [3.8, 4) is 0 Å². The molecule has 2 saturated heterocycles. The van der Waals surface area contributed by atoms with Crippen LogP contribution in [0.4, 0.5) is 0 Å². The predicted molar refractivity (Wildman–Crippen MR) is 92.1 cm³/mol. The molecule has 2 aromatic rings. The van der Waals surface area contributed by atoms with Crippen LogP contribution in [0.5, 0.6) is 0 Å². The molecule has 2 heterocycles. The molecule has 2 aromatic carbocycles. The highest BCUT2D eigenvalue weighted by atomic mass is 16.7. The number of hydrogen-bond acceptors (Lipinski definition) is 4. The van der Waals surface area contributed by atoms with E-state index >= 15 is 0 Å². The van der Waals surface area contributed by atoms with Gasteiger partial charge in [-0.25, -0.2) is 4.79 Å². The number of carboxylic acid groups (broad SMARTS) is 1. The molecule has 0 aromatic heterocycles. The van der Waals surface area contributed by atoms with Crippen molar-refractivity contribution in [1.29, 1.82) is 0 Å². The monoisotopic (exact) mass is 353 g/mol. The maximum atomic E-state index is 13.0. The molecule has 6 heteroatoms. The maximum absolute atomic E-state index is 13.0. The minimum atomic E-state index is -1.26. The summed E-state index contributed by atoms with van der Waals surface area (Å²) >= 11 is 0. The Kier molecular flexibility index (Phi) is 4.44. The third kappa shape index (κ3) is 3.09. The second-order valence-corrected chi connectivity index (χ2v) is 6.53. The number of benzene rings is 2. The van der Waals surface area contributed by atoms with Crippen LogP contribution in [-0.2, 0) is 32.0 Å². The van der Waals surface area contributed by atoms with Crippen molar-refractivity contribution in [3.05, 3.63) is 71.8 Å². The Balaban J connectivity index is 1.65. The van der Waals surface area contributed by atoms with Crippen LogP contribution < -0.4 is 0 Å². The van der Waals surface area contributed by atoms with Crippen molar-refractivity contribution in [3.63, 3.8) is 0 Å². The molecule has 1 amide bonds. The molecule has 0 spiro atoms. The topological polar surface area (TPSA) is 76.1 Å². The first-order valence-corrected chi connectivity index (χ1v) is 8.55. The summed E-state index contributed by atoms with van der Waals surface area (Å²) in [4.78, 5) is 26.1. The summed E-state index contributed by atoms with van der Waals surface area (Å²) in [6, 6.07) is 19.0. The molecule has 26 heavy (non-hydrogen) atoms. The van der Waals surface area contributed by atoms with Crippen molar-refractivity contribution < 1.29 is 24.2 Å². The highest BCUT2D eigenvalue weighted by Crippen LogP contribution is 2.34. The predicted octanol–water partition coefficient (Wildman–Crippen LogP) is 1.83. The number of carboxylic acids is 1. The Labute approximate surface area is 151 Å². The minimum Gasteiger partial charge on any atom is -0.479 e. The van der Waals surface area contributed by atoms with E-state index in [4.69, 9.17) is 9.47 Å². The highest BCUT2D eigenvalue weighted by molar-refractivity contribution is 5.89. The van der Waals surface area contributed by atoms with E-state index in [9.17, 15) is 14.7 Å². The van der Waals surface area contributed by atoms with E-state index in [1.165, 1.54) is 0 Å². The zero-order valence-electron chi connectivity index (χ0n) is 14.0. The molecule has 2 fully saturated rings. The van der Waals surface area contributed by atoms with Gasteiger partial charge in [-0.2, -0.15) is 0 Å². The summed E-state index contributed by atoms with van der Waals surface area (Å²) in [5, 5.41) is 9.35. The van der Waals surface area contributed by atoms with Crippen LogP contribution >= 0.6 is 0 Å². The molecular formula is C20H19NO5. The van der Waals surface area contributed by atoms with Gasteiger partial charge in [0.15, 0.2) is 18.5 Å². The fraction of sp³-hybridized carbons (Fsp3) is 0.300. The number of nitrogens with zero attached hydrogens (tertiary/aromatic N) is 1. The number of amides is 1. The summed E-state index contributed by atoms with van der Waals surface area (Å²) in [6.45, 7) is 0.392. The van der Waals surface area contributed by atoms with Gasteiger partial charge in [-0.15, -0.1) is 0 Å². The first-order valence-electron chi connectivity index (χ1n) is 8.55. The fourth-order valence-corrected chi connectivity index (χ4v) is 3.53. The molecule has 0 unspecified atom stereocenters. The van der Waals surface area contributed by atoms with Gasteiger partial charge in [-0.3, -0.25) is 4.79 Å². The van der Waals surface area contributed by atoms with Gasteiger partial charge >= 0.3 is 5.97 Å². The van der Waals surface area contributed by atoms with Crippen molar-refractivity contribution in [2.24, 2.45) is 0 Å². The third-order valence-electron chi connectivity index (χ3n) is 4.80. The number of ether oxygens (including phenoxy) is 2. The van der Waals surface area contributed by atoms with E-state index in [0.717, 1.165) is 11.1 Å². The number of hydrogen-bond donors (Lipinski definition) is 1. The van der Waals surface area contributed by atoms with Gasteiger partial charge in [0.1, 0.15) is 0 Å². The number of carbonyl (C=O) groups excluding carboxylic acids is 1. The Morgan fingerprint density at radius 1 is 0.962 bits per heavy atom. The van der Waals surface area contributed by atoms with Crippen LogP contribution in [0.2, 0.25) is 0 Å². The number of fused-ring (bicyclic) bond motifs is 2. The van der Waals surface area contributed by atoms with Crippen molar-refractivity contribution >= 4 is 11.9 Å².